The second-order valence-electron chi connectivity index (χ2n) is 10.0. The van der Waals surface area contributed by atoms with Gasteiger partial charge in [-0.2, -0.15) is 0 Å². The summed E-state index contributed by atoms with van der Waals surface area (Å²) in [5, 5.41) is 3.45. The van der Waals surface area contributed by atoms with Gasteiger partial charge in [-0.05, 0) is 63.6 Å². The monoisotopic (exact) mass is 559 g/mol. The van der Waals surface area contributed by atoms with E-state index in [-0.39, 0.29) is 12.3 Å². The molecule has 2 aromatic heterocycles. The third-order valence-electron chi connectivity index (χ3n) is 5.86. The number of rotatable bonds is 9. The summed E-state index contributed by atoms with van der Waals surface area (Å²) in [5.74, 6) is 2.15. The Balaban J connectivity index is 1.38. The zero-order valence-electron chi connectivity index (χ0n) is 23.9. The van der Waals surface area contributed by atoms with Gasteiger partial charge in [0.05, 0.1) is 43.4 Å². The number of aromatic nitrogens is 3. The molecule has 11 heteroatoms. The van der Waals surface area contributed by atoms with E-state index in [1.165, 1.54) is 17.4 Å². The molecular weight excluding hydrogens is 526 g/mol. The molecule has 11 nitrogen and oxygen atoms in total. The van der Waals surface area contributed by atoms with Crippen LogP contribution < -0.4 is 24.4 Å². The fraction of sp³-hybridized carbons (Fsp3) is 0.300. The number of carbonyl (C=O) groups excluding carboxylic acids is 2. The topological polar surface area (TPSA) is 125 Å². The molecule has 4 aromatic rings. The van der Waals surface area contributed by atoms with Crippen LogP contribution in [-0.2, 0) is 16.0 Å². The standard InChI is InChI=1S/C30H33N5O6/c1-7-35(29(37)41-30(2,3)4)20-10-13-26(31-17-20)34-27(36)14-19-8-11-21(12-9-19)40-28-22-15-24(38-5)25(39-6)16-23(22)32-18-33-28/h8-13,15-18H,7,14H2,1-6H3,(H,31,34,36). The first-order chi connectivity index (χ1) is 19.6. The largest absolute Gasteiger partial charge is 0.493 e. The molecule has 41 heavy (non-hydrogen) atoms. The lowest BCUT2D eigenvalue weighted by atomic mass is 10.1. The van der Waals surface area contributed by atoms with Gasteiger partial charge < -0.3 is 24.3 Å². The summed E-state index contributed by atoms with van der Waals surface area (Å²) in [6.45, 7) is 7.70. The Morgan fingerprint density at radius 3 is 2.24 bits per heavy atom. The number of anilines is 2. The van der Waals surface area contributed by atoms with E-state index >= 15 is 0 Å². The Kier molecular flexibility index (Phi) is 8.86. The van der Waals surface area contributed by atoms with Gasteiger partial charge in [0.2, 0.25) is 11.8 Å². The van der Waals surface area contributed by atoms with Crippen LogP contribution in [0.2, 0.25) is 0 Å². The van der Waals surface area contributed by atoms with E-state index in [0.717, 1.165) is 5.56 Å². The maximum absolute atomic E-state index is 12.7. The highest BCUT2D eigenvalue weighted by Gasteiger charge is 2.22. The van der Waals surface area contributed by atoms with Gasteiger partial charge in [0, 0.05) is 12.6 Å². The Morgan fingerprint density at radius 1 is 0.927 bits per heavy atom. The number of methoxy groups -OCH3 is 2. The van der Waals surface area contributed by atoms with Crippen LogP contribution in [-0.4, -0.2) is 53.3 Å². The number of hydrogen-bond donors (Lipinski definition) is 1. The number of amides is 2. The predicted octanol–water partition coefficient (Wildman–Crippen LogP) is 5.78. The molecule has 2 amide bonds. The minimum Gasteiger partial charge on any atom is -0.493 e. The normalized spacial score (nSPS) is 11.1. The van der Waals surface area contributed by atoms with Crippen LogP contribution in [0.5, 0.6) is 23.1 Å². The molecule has 214 valence electrons. The number of hydrogen-bond acceptors (Lipinski definition) is 9. The molecule has 0 radical (unpaired) electrons. The number of fused-ring (bicyclic) bond motifs is 1. The maximum atomic E-state index is 12.7. The molecular formula is C30H33N5O6. The van der Waals surface area contributed by atoms with E-state index in [2.05, 4.69) is 20.3 Å². The molecule has 2 heterocycles. The molecule has 1 N–H and O–H groups in total. The lowest BCUT2D eigenvalue weighted by molar-refractivity contribution is -0.115. The van der Waals surface area contributed by atoms with Crippen molar-refractivity contribution in [2.24, 2.45) is 0 Å². The van der Waals surface area contributed by atoms with Crippen LogP contribution in [0.4, 0.5) is 16.3 Å². The minimum atomic E-state index is -0.608. The van der Waals surface area contributed by atoms with E-state index in [0.29, 0.717) is 52.1 Å². The number of nitrogens with one attached hydrogen (secondary N) is 1. The summed E-state index contributed by atoms with van der Waals surface area (Å²) >= 11 is 0. The van der Waals surface area contributed by atoms with Crippen LogP contribution in [0.25, 0.3) is 10.9 Å². The van der Waals surface area contributed by atoms with Crippen molar-refractivity contribution in [1.29, 1.82) is 0 Å². The van der Waals surface area contributed by atoms with Crippen molar-refractivity contribution in [3.05, 3.63) is 66.6 Å². The van der Waals surface area contributed by atoms with Crippen molar-refractivity contribution in [2.75, 3.05) is 31.0 Å². The molecule has 0 atom stereocenters. The Bertz CT molecular complexity index is 1520. The molecule has 2 aromatic carbocycles. The van der Waals surface area contributed by atoms with Gasteiger partial charge in [-0.3, -0.25) is 9.69 Å². The molecule has 0 fully saturated rings. The quantitative estimate of drug-likeness (QED) is 0.272. The van der Waals surface area contributed by atoms with Gasteiger partial charge in [0.15, 0.2) is 11.5 Å². The number of benzene rings is 2. The fourth-order valence-corrected chi connectivity index (χ4v) is 3.95. The van der Waals surface area contributed by atoms with E-state index in [1.54, 1.807) is 62.8 Å². The molecule has 0 aliphatic rings. The van der Waals surface area contributed by atoms with Crippen LogP contribution in [0.15, 0.2) is 61.1 Å². The van der Waals surface area contributed by atoms with Gasteiger partial charge in [0.1, 0.15) is 23.5 Å². The van der Waals surface area contributed by atoms with Gasteiger partial charge in [-0.25, -0.2) is 19.7 Å². The van der Waals surface area contributed by atoms with Gasteiger partial charge >= 0.3 is 6.09 Å². The summed E-state index contributed by atoms with van der Waals surface area (Å²) in [5.41, 5.74) is 1.40. The fourth-order valence-electron chi connectivity index (χ4n) is 3.95. The number of nitrogens with zero attached hydrogens (tertiary/aromatic N) is 4. The van der Waals surface area contributed by atoms with Crippen molar-refractivity contribution in [3.63, 3.8) is 0 Å². The predicted molar refractivity (Wildman–Crippen MR) is 155 cm³/mol. The first-order valence-electron chi connectivity index (χ1n) is 13.0. The number of carbonyl (C=O) groups is 2. The molecule has 0 bridgehead atoms. The molecule has 0 saturated carbocycles. The highest BCUT2D eigenvalue weighted by Crippen LogP contribution is 2.35. The van der Waals surface area contributed by atoms with Crippen molar-refractivity contribution < 1.29 is 28.5 Å². The van der Waals surface area contributed by atoms with Gasteiger partial charge in [-0.15, -0.1) is 0 Å². The Labute approximate surface area is 238 Å². The average molecular weight is 560 g/mol. The Hall–Kier alpha value is -4.93. The first-order valence-corrected chi connectivity index (χ1v) is 13.0. The SMILES string of the molecule is CCN(C(=O)OC(C)(C)C)c1ccc(NC(=O)Cc2ccc(Oc3ncnc4cc(OC)c(OC)cc34)cc2)nc1. The second-order valence-corrected chi connectivity index (χ2v) is 10.0. The highest BCUT2D eigenvalue weighted by atomic mass is 16.6. The van der Waals surface area contributed by atoms with Crippen LogP contribution in [0.3, 0.4) is 0 Å². The first kappa shape index (κ1) is 29.1. The van der Waals surface area contributed by atoms with Crippen molar-refractivity contribution in [1.82, 2.24) is 15.0 Å². The van der Waals surface area contributed by atoms with E-state index < -0.39 is 11.7 Å². The summed E-state index contributed by atoms with van der Waals surface area (Å²) in [6, 6.07) is 14.0. The maximum Gasteiger partial charge on any atom is 0.414 e. The third kappa shape index (κ3) is 7.38. The van der Waals surface area contributed by atoms with E-state index in [4.69, 9.17) is 18.9 Å². The smallest absolute Gasteiger partial charge is 0.414 e. The van der Waals surface area contributed by atoms with Crippen LogP contribution >= 0.6 is 0 Å². The van der Waals surface area contributed by atoms with E-state index in [9.17, 15) is 9.59 Å². The van der Waals surface area contributed by atoms with Crippen molar-refractivity contribution in [3.8, 4) is 23.1 Å². The molecule has 0 unspecified atom stereocenters. The van der Waals surface area contributed by atoms with Crippen molar-refractivity contribution in [2.45, 2.75) is 39.7 Å². The molecule has 0 aliphatic carbocycles. The lowest BCUT2D eigenvalue weighted by Gasteiger charge is -2.26. The highest BCUT2D eigenvalue weighted by molar-refractivity contribution is 5.92. The van der Waals surface area contributed by atoms with Crippen molar-refractivity contribution >= 4 is 34.4 Å². The summed E-state index contributed by atoms with van der Waals surface area (Å²) < 4.78 is 22.2. The summed E-state index contributed by atoms with van der Waals surface area (Å²) in [7, 11) is 3.12. The second kappa shape index (κ2) is 12.5. The summed E-state index contributed by atoms with van der Waals surface area (Å²) in [4.78, 5) is 39.4. The molecule has 0 aliphatic heterocycles. The zero-order valence-corrected chi connectivity index (χ0v) is 23.9. The van der Waals surface area contributed by atoms with Crippen LogP contribution in [0, 0.1) is 0 Å². The number of ether oxygens (including phenoxy) is 4. The Morgan fingerprint density at radius 2 is 1.63 bits per heavy atom. The van der Waals surface area contributed by atoms with Crippen LogP contribution in [0.1, 0.15) is 33.3 Å². The van der Waals surface area contributed by atoms with Gasteiger partial charge in [-0.1, -0.05) is 12.1 Å². The summed E-state index contributed by atoms with van der Waals surface area (Å²) in [6.07, 6.45) is 2.62. The average Bonchev–Trinajstić information content (AvgIpc) is 2.94. The number of pyridine rings is 1. The molecule has 4 rings (SSSR count). The molecule has 0 spiro atoms. The zero-order chi connectivity index (χ0) is 29.6. The van der Waals surface area contributed by atoms with E-state index in [1.807, 2.05) is 27.7 Å². The van der Waals surface area contributed by atoms with Gasteiger partial charge in [0.25, 0.3) is 0 Å². The third-order valence-corrected chi connectivity index (χ3v) is 5.86. The lowest BCUT2D eigenvalue weighted by Crippen LogP contribution is -2.36. The molecule has 0 saturated heterocycles. The minimum absolute atomic E-state index is 0.135.